The number of aromatic amines is 1. The lowest BCUT2D eigenvalue weighted by atomic mass is 10.1. The van der Waals surface area contributed by atoms with Crippen LogP contribution >= 0.6 is 0 Å². The predicted octanol–water partition coefficient (Wildman–Crippen LogP) is 0.537. The van der Waals surface area contributed by atoms with Gasteiger partial charge in [0, 0.05) is 44.3 Å². The van der Waals surface area contributed by atoms with Crippen LogP contribution in [0.15, 0.2) is 24.5 Å². The number of carboxylic acids is 1. The molecule has 0 aromatic carbocycles. The fraction of sp³-hybridized carbons (Fsp3) is 0.467. The van der Waals surface area contributed by atoms with Crippen molar-refractivity contribution in [2.24, 2.45) is 0 Å². The van der Waals surface area contributed by atoms with Crippen LogP contribution in [0.5, 0.6) is 0 Å². The van der Waals surface area contributed by atoms with Crippen molar-refractivity contribution in [1.82, 2.24) is 25.1 Å². The summed E-state index contributed by atoms with van der Waals surface area (Å²) < 4.78 is 0. The third-order valence-corrected chi connectivity index (χ3v) is 4.03. The van der Waals surface area contributed by atoms with Gasteiger partial charge in [0.05, 0.1) is 5.69 Å². The van der Waals surface area contributed by atoms with Crippen molar-refractivity contribution in [2.45, 2.75) is 25.9 Å². The third kappa shape index (κ3) is 3.48. The van der Waals surface area contributed by atoms with Crippen molar-refractivity contribution in [3.8, 4) is 0 Å². The van der Waals surface area contributed by atoms with Crippen LogP contribution in [0.25, 0.3) is 0 Å². The van der Waals surface area contributed by atoms with Crippen LogP contribution in [0, 0.1) is 0 Å². The van der Waals surface area contributed by atoms with E-state index in [0.29, 0.717) is 32.1 Å². The Bertz CT molecular complexity index is 659. The summed E-state index contributed by atoms with van der Waals surface area (Å²) in [5, 5.41) is 16.8. The second-order valence-corrected chi connectivity index (χ2v) is 5.56. The van der Waals surface area contributed by atoms with Gasteiger partial charge >= 0.3 is 5.97 Å². The van der Waals surface area contributed by atoms with Gasteiger partial charge in [-0.1, -0.05) is 6.92 Å². The van der Waals surface area contributed by atoms with Crippen LogP contribution in [0.3, 0.4) is 0 Å². The van der Waals surface area contributed by atoms with Crippen molar-refractivity contribution in [1.29, 1.82) is 0 Å². The summed E-state index contributed by atoms with van der Waals surface area (Å²) in [4.78, 5) is 23.9. The third-order valence-electron chi connectivity index (χ3n) is 4.03. The minimum absolute atomic E-state index is 0.369. The Morgan fingerprint density at radius 1 is 1.39 bits per heavy atom. The van der Waals surface area contributed by atoms with E-state index < -0.39 is 12.0 Å². The summed E-state index contributed by atoms with van der Waals surface area (Å²) in [6.07, 6.45) is 4.20. The smallest absolute Gasteiger partial charge is 0.322 e. The SMILES string of the molecule is CCc1cc(CN2CCN(c3ncccn3)CC2C(=O)O)[nH]n1. The quantitative estimate of drug-likeness (QED) is 0.830. The zero-order chi connectivity index (χ0) is 16.2. The monoisotopic (exact) mass is 316 g/mol. The molecule has 2 aromatic heterocycles. The molecular formula is C15H20N6O2. The average Bonchev–Trinajstić information content (AvgIpc) is 3.03. The number of aromatic nitrogens is 4. The summed E-state index contributed by atoms with van der Waals surface area (Å²) in [6.45, 7) is 4.29. The summed E-state index contributed by atoms with van der Waals surface area (Å²) in [5.41, 5.74) is 1.93. The molecule has 0 spiro atoms. The first-order valence-electron chi connectivity index (χ1n) is 7.69. The van der Waals surface area contributed by atoms with E-state index in [-0.39, 0.29) is 0 Å². The van der Waals surface area contributed by atoms with Crippen molar-refractivity contribution < 1.29 is 9.90 Å². The first-order valence-corrected chi connectivity index (χ1v) is 7.69. The van der Waals surface area contributed by atoms with Crippen molar-refractivity contribution >= 4 is 11.9 Å². The highest BCUT2D eigenvalue weighted by Gasteiger charge is 2.33. The average molecular weight is 316 g/mol. The lowest BCUT2D eigenvalue weighted by molar-refractivity contribution is -0.143. The fourth-order valence-electron chi connectivity index (χ4n) is 2.77. The number of anilines is 1. The summed E-state index contributed by atoms with van der Waals surface area (Å²) in [6, 6.07) is 3.14. The maximum Gasteiger partial charge on any atom is 0.322 e. The van der Waals surface area contributed by atoms with Gasteiger partial charge in [-0.3, -0.25) is 14.8 Å². The standard InChI is InChI=1S/C15H20N6O2/c1-2-11-8-12(19-18-11)9-20-6-7-21(10-13(20)14(22)23)15-16-4-3-5-17-15/h3-5,8,13H,2,6-7,9-10H2,1H3,(H,18,19)(H,22,23). The maximum atomic E-state index is 11.7. The molecule has 1 aliphatic rings. The normalized spacial score (nSPS) is 19.0. The number of nitrogens with one attached hydrogen (secondary N) is 1. The number of hydrogen-bond acceptors (Lipinski definition) is 6. The van der Waals surface area contributed by atoms with Gasteiger partial charge < -0.3 is 10.0 Å². The molecular weight excluding hydrogens is 296 g/mol. The topological polar surface area (TPSA) is 98.2 Å². The molecule has 2 aromatic rings. The number of hydrogen-bond donors (Lipinski definition) is 2. The van der Waals surface area contributed by atoms with E-state index in [1.165, 1.54) is 0 Å². The highest BCUT2D eigenvalue weighted by atomic mass is 16.4. The van der Waals surface area contributed by atoms with E-state index in [0.717, 1.165) is 17.8 Å². The van der Waals surface area contributed by atoms with Gasteiger partial charge in [-0.05, 0) is 18.6 Å². The molecule has 8 heteroatoms. The van der Waals surface area contributed by atoms with E-state index >= 15 is 0 Å². The zero-order valence-electron chi connectivity index (χ0n) is 13.0. The molecule has 3 heterocycles. The van der Waals surface area contributed by atoms with Gasteiger partial charge in [-0.25, -0.2) is 9.97 Å². The second-order valence-electron chi connectivity index (χ2n) is 5.56. The van der Waals surface area contributed by atoms with Crippen LogP contribution in [0.4, 0.5) is 5.95 Å². The molecule has 1 unspecified atom stereocenters. The Morgan fingerprint density at radius 3 is 2.83 bits per heavy atom. The molecule has 8 nitrogen and oxygen atoms in total. The van der Waals surface area contributed by atoms with E-state index in [1.54, 1.807) is 18.5 Å². The molecule has 1 aliphatic heterocycles. The Labute approximate surface area is 134 Å². The minimum Gasteiger partial charge on any atom is -0.480 e. The Balaban J connectivity index is 1.71. The van der Waals surface area contributed by atoms with Crippen LogP contribution in [-0.4, -0.2) is 61.8 Å². The predicted molar refractivity (Wildman–Crippen MR) is 84.0 cm³/mol. The zero-order valence-corrected chi connectivity index (χ0v) is 13.0. The van der Waals surface area contributed by atoms with Gasteiger partial charge in [-0.2, -0.15) is 5.10 Å². The van der Waals surface area contributed by atoms with E-state index in [2.05, 4.69) is 20.2 Å². The number of aryl methyl sites for hydroxylation is 1. The molecule has 2 N–H and O–H groups in total. The first-order chi connectivity index (χ1) is 11.2. The van der Waals surface area contributed by atoms with Gasteiger partial charge in [0.1, 0.15) is 6.04 Å². The molecule has 1 saturated heterocycles. The Morgan fingerprint density at radius 2 is 2.17 bits per heavy atom. The number of aliphatic carboxylic acids is 1. The van der Waals surface area contributed by atoms with E-state index in [9.17, 15) is 9.90 Å². The molecule has 0 saturated carbocycles. The highest BCUT2D eigenvalue weighted by Crippen LogP contribution is 2.17. The summed E-state index contributed by atoms with van der Waals surface area (Å²) in [5.74, 6) is -0.255. The van der Waals surface area contributed by atoms with Gasteiger partial charge in [0.25, 0.3) is 0 Å². The minimum atomic E-state index is -0.833. The van der Waals surface area contributed by atoms with E-state index in [4.69, 9.17) is 0 Å². The van der Waals surface area contributed by atoms with E-state index in [1.807, 2.05) is 22.8 Å². The number of piperazine rings is 1. The largest absolute Gasteiger partial charge is 0.480 e. The van der Waals surface area contributed by atoms with Crippen LogP contribution < -0.4 is 4.90 Å². The molecule has 1 atom stereocenters. The summed E-state index contributed by atoms with van der Waals surface area (Å²) >= 11 is 0. The molecule has 0 radical (unpaired) electrons. The number of H-pyrrole nitrogens is 1. The van der Waals surface area contributed by atoms with Gasteiger partial charge in [-0.15, -0.1) is 0 Å². The van der Waals surface area contributed by atoms with Crippen molar-refractivity contribution in [3.63, 3.8) is 0 Å². The van der Waals surface area contributed by atoms with Crippen molar-refractivity contribution in [2.75, 3.05) is 24.5 Å². The number of carboxylic acid groups (broad SMARTS) is 1. The lowest BCUT2D eigenvalue weighted by Gasteiger charge is -2.38. The number of nitrogens with zero attached hydrogens (tertiary/aromatic N) is 5. The van der Waals surface area contributed by atoms with Gasteiger partial charge in [0.2, 0.25) is 5.95 Å². The Hall–Kier alpha value is -2.48. The lowest BCUT2D eigenvalue weighted by Crippen LogP contribution is -2.56. The first kappa shape index (κ1) is 15.4. The van der Waals surface area contributed by atoms with Crippen LogP contribution in [0.2, 0.25) is 0 Å². The number of rotatable bonds is 5. The molecule has 0 amide bonds. The molecule has 0 bridgehead atoms. The van der Waals surface area contributed by atoms with Crippen LogP contribution in [-0.2, 0) is 17.8 Å². The van der Waals surface area contributed by atoms with Gasteiger partial charge in [0.15, 0.2) is 0 Å². The summed E-state index contributed by atoms with van der Waals surface area (Å²) in [7, 11) is 0. The number of carbonyl (C=O) groups is 1. The molecule has 0 aliphatic carbocycles. The molecule has 1 fully saturated rings. The highest BCUT2D eigenvalue weighted by molar-refractivity contribution is 5.74. The molecule has 122 valence electrons. The molecule has 23 heavy (non-hydrogen) atoms. The maximum absolute atomic E-state index is 11.7. The Kier molecular flexibility index (Phi) is 4.52. The van der Waals surface area contributed by atoms with Crippen LogP contribution in [0.1, 0.15) is 18.3 Å². The molecule has 3 rings (SSSR count). The van der Waals surface area contributed by atoms with Crippen molar-refractivity contribution in [3.05, 3.63) is 35.9 Å². The fourth-order valence-corrected chi connectivity index (χ4v) is 2.77. The second kappa shape index (κ2) is 6.74.